The Balaban J connectivity index is 0.000000878. The number of aliphatic hydroxyl groups excluding tert-OH is 1. The molecule has 1 aromatic carbocycles. The van der Waals surface area contributed by atoms with Crippen molar-refractivity contribution in [3.05, 3.63) is 41.3 Å². The summed E-state index contributed by atoms with van der Waals surface area (Å²) in [6.07, 6.45) is 3.94. The maximum atomic E-state index is 12.1. The summed E-state index contributed by atoms with van der Waals surface area (Å²) in [6.45, 7) is 6.55. The highest BCUT2D eigenvalue weighted by atomic mass is 16.5. The molecule has 1 amide bonds. The normalized spacial score (nSPS) is 12.1. The minimum atomic E-state index is -0.952. The average molecular weight is 387 g/mol. The first-order chi connectivity index (χ1) is 13.4. The lowest BCUT2D eigenvalue weighted by Crippen LogP contribution is -2.30. The van der Waals surface area contributed by atoms with Crippen molar-refractivity contribution in [3.8, 4) is 11.6 Å². The van der Waals surface area contributed by atoms with Gasteiger partial charge in [-0.1, -0.05) is 26.3 Å². The Morgan fingerprint density at radius 2 is 2.04 bits per heavy atom. The maximum absolute atomic E-state index is 12.1. The Kier molecular flexibility index (Phi) is 7.92. The van der Waals surface area contributed by atoms with Crippen LogP contribution in [0, 0.1) is 6.92 Å². The van der Waals surface area contributed by atoms with Gasteiger partial charge < -0.3 is 24.4 Å². The van der Waals surface area contributed by atoms with Crippen molar-refractivity contribution >= 4 is 18.5 Å². The van der Waals surface area contributed by atoms with Gasteiger partial charge in [0.15, 0.2) is 0 Å². The first kappa shape index (κ1) is 21.8. The topological polar surface area (TPSA) is 105 Å². The van der Waals surface area contributed by atoms with Crippen molar-refractivity contribution in [1.29, 1.82) is 0 Å². The fourth-order valence-electron chi connectivity index (χ4n) is 2.64. The third-order valence-electron chi connectivity index (χ3n) is 4.04. The molecule has 2 aromatic rings. The molecule has 0 saturated carbocycles. The quantitative estimate of drug-likeness (QED) is 0.745. The minimum absolute atomic E-state index is 0.121. The van der Waals surface area contributed by atoms with Crippen LogP contribution in [0.25, 0.3) is 0 Å². The number of hydrogen-bond donors (Lipinski definition) is 2. The molecule has 0 bridgehead atoms. The van der Waals surface area contributed by atoms with E-state index in [1.165, 1.54) is 23.7 Å². The number of benzene rings is 1. The fraction of sp³-hybridized carbons (Fsp3) is 0.421. The number of carbonyl (C=O) groups excluding carboxylic acids is 1. The standard InChI is InChI=1S/C16H18BN3O5.C3H8/c1-10-13(4-3-11-9-24-17(23)15(10)11)25-14-8-18-12(7-19-14)16(22)20(2)5-6-21;1-3-2/h3-4,7-8,21,23H,5-6,9H2,1-2H3;3H2,1-2H3. The van der Waals surface area contributed by atoms with Crippen LogP contribution in [0.15, 0.2) is 24.5 Å². The van der Waals surface area contributed by atoms with Gasteiger partial charge in [-0.15, -0.1) is 0 Å². The van der Waals surface area contributed by atoms with E-state index in [2.05, 4.69) is 23.8 Å². The Hall–Kier alpha value is -2.49. The van der Waals surface area contributed by atoms with E-state index in [-0.39, 0.29) is 30.6 Å². The molecule has 0 radical (unpaired) electrons. The van der Waals surface area contributed by atoms with Crippen LogP contribution in [0.2, 0.25) is 0 Å². The molecule has 9 heteroatoms. The van der Waals surface area contributed by atoms with Crippen molar-refractivity contribution in [1.82, 2.24) is 14.9 Å². The molecule has 0 atom stereocenters. The third kappa shape index (κ3) is 5.06. The fourth-order valence-corrected chi connectivity index (χ4v) is 2.64. The Morgan fingerprint density at radius 3 is 2.64 bits per heavy atom. The number of ether oxygens (including phenoxy) is 1. The number of likely N-dealkylation sites (N-methyl/N-ethyl adjacent to an activating group) is 1. The van der Waals surface area contributed by atoms with Gasteiger partial charge in [0.05, 0.1) is 25.6 Å². The molecule has 2 heterocycles. The van der Waals surface area contributed by atoms with E-state index >= 15 is 0 Å². The molecule has 1 aliphatic heterocycles. The molecule has 0 fully saturated rings. The number of carbonyl (C=O) groups is 1. The van der Waals surface area contributed by atoms with Crippen molar-refractivity contribution in [3.63, 3.8) is 0 Å². The molecule has 1 aliphatic rings. The van der Waals surface area contributed by atoms with E-state index in [0.29, 0.717) is 17.8 Å². The number of amides is 1. The van der Waals surface area contributed by atoms with E-state index in [1.807, 2.05) is 13.0 Å². The second-order valence-electron chi connectivity index (χ2n) is 6.42. The first-order valence-corrected chi connectivity index (χ1v) is 9.21. The molecule has 0 spiro atoms. The molecule has 8 nitrogen and oxygen atoms in total. The van der Waals surface area contributed by atoms with Crippen LogP contribution < -0.4 is 10.2 Å². The van der Waals surface area contributed by atoms with Crippen molar-refractivity contribution in [2.75, 3.05) is 20.2 Å². The second-order valence-corrected chi connectivity index (χ2v) is 6.42. The lowest BCUT2D eigenvalue weighted by molar-refractivity contribution is 0.0760. The number of nitrogens with zero attached hydrogens (tertiary/aromatic N) is 3. The minimum Gasteiger partial charge on any atom is -0.437 e. The van der Waals surface area contributed by atoms with Crippen LogP contribution >= 0.6 is 0 Å². The smallest absolute Gasteiger partial charge is 0.437 e. The SMILES string of the molecule is CCC.Cc1c(Oc2cnc(C(=O)N(C)CCO)cn2)ccc2c1B(O)OC2. The zero-order valence-electron chi connectivity index (χ0n) is 16.7. The van der Waals surface area contributed by atoms with Crippen LogP contribution in [0.1, 0.15) is 41.9 Å². The van der Waals surface area contributed by atoms with Crippen LogP contribution in [-0.4, -0.2) is 58.2 Å². The van der Waals surface area contributed by atoms with Crippen LogP contribution in [0.5, 0.6) is 11.6 Å². The second kappa shape index (κ2) is 10.2. The van der Waals surface area contributed by atoms with E-state index in [1.54, 1.807) is 13.1 Å². The van der Waals surface area contributed by atoms with Gasteiger partial charge in [-0.05, 0) is 29.6 Å². The van der Waals surface area contributed by atoms with Gasteiger partial charge in [0.1, 0.15) is 11.4 Å². The molecule has 0 saturated heterocycles. The first-order valence-electron chi connectivity index (χ1n) is 9.21. The predicted molar refractivity (Wildman–Crippen MR) is 106 cm³/mol. The van der Waals surface area contributed by atoms with Gasteiger partial charge in [-0.2, -0.15) is 0 Å². The van der Waals surface area contributed by atoms with Crippen molar-refractivity contribution < 1.29 is 24.3 Å². The largest absolute Gasteiger partial charge is 0.492 e. The van der Waals surface area contributed by atoms with Crippen LogP contribution in [0.3, 0.4) is 0 Å². The summed E-state index contributed by atoms with van der Waals surface area (Å²) >= 11 is 0. The van der Waals surface area contributed by atoms with Gasteiger partial charge in [0.2, 0.25) is 5.88 Å². The summed E-state index contributed by atoms with van der Waals surface area (Å²) in [5.74, 6) is 0.439. The van der Waals surface area contributed by atoms with E-state index in [4.69, 9.17) is 14.5 Å². The molecular weight excluding hydrogens is 361 g/mol. The zero-order valence-corrected chi connectivity index (χ0v) is 16.7. The summed E-state index contributed by atoms with van der Waals surface area (Å²) < 4.78 is 10.9. The van der Waals surface area contributed by atoms with Crippen molar-refractivity contribution in [2.24, 2.45) is 0 Å². The highest BCUT2D eigenvalue weighted by Crippen LogP contribution is 2.25. The molecule has 0 aliphatic carbocycles. The zero-order chi connectivity index (χ0) is 20.7. The van der Waals surface area contributed by atoms with Gasteiger partial charge >= 0.3 is 7.12 Å². The Morgan fingerprint density at radius 1 is 1.32 bits per heavy atom. The van der Waals surface area contributed by atoms with E-state index in [9.17, 15) is 9.82 Å². The Labute approximate surface area is 165 Å². The van der Waals surface area contributed by atoms with Crippen LogP contribution in [-0.2, 0) is 11.3 Å². The van der Waals surface area contributed by atoms with Crippen LogP contribution in [0.4, 0.5) is 0 Å². The molecule has 1 aromatic heterocycles. The molecule has 150 valence electrons. The lowest BCUT2D eigenvalue weighted by Gasteiger charge is -2.15. The number of hydrogen-bond acceptors (Lipinski definition) is 7. The van der Waals surface area contributed by atoms with E-state index < -0.39 is 7.12 Å². The molecule has 3 rings (SSSR count). The lowest BCUT2D eigenvalue weighted by atomic mass is 9.76. The highest BCUT2D eigenvalue weighted by Gasteiger charge is 2.30. The molecule has 0 unspecified atom stereocenters. The molecule has 28 heavy (non-hydrogen) atoms. The molecule has 2 N–H and O–H groups in total. The summed E-state index contributed by atoms with van der Waals surface area (Å²) in [7, 11) is 0.623. The summed E-state index contributed by atoms with van der Waals surface area (Å²) in [5, 5.41) is 18.8. The maximum Gasteiger partial charge on any atom is 0.492 e. The van der Waals surface area contributed by atoms with Gasteiger partial charge in [-0.3, -0.25) is 4.79 Å². The van der Waals surface area contributed by atoms with Gasteiger partial charge in [-0.25, -0.2) is 9.97 Å². The van der Waals surface area contributed by atoms with Gasteiger partial charge in [0, 0.05) is 13.6 Å². The number of aromatic nitrogens is 2. The summed E-state index contributed by atoms with van der Waals surface area (Å²) in [4.78, 5) is 21.6. The Bertz CT molecular complexity index is 801. The summed E-state index contributed by atoms with van der Waals surface area (Å²) in [6, 6.07) is 3.62. The monoisotopic (exact) mass is 387 g/mol. The van der Waals surface area contributed by atoms with Crippen molar-refractivity contribution in [2.45, 2.75) is 33.8 Å². The predicted octanol–water partition coefficient (Wildman–Crippen LogP) is 1.28. The third-order valence-corrected chi connectivity index (χ3v) is 4.04. The molecular formula is C19H26BN3O5. The summed E-state index contributed by atoms with van der Waals surface area (Å²) in [5.41, 5.74) is 2.57. The number of fused-ring (bicyclic) bond motifs is 1. The number of rotatable bonds is 5. The van der Waals surface area contributed by atoms with Gasteiger partial charge in [0.25, 0.3) is 5.91 Å². The van der Waals surface area contributed by atoms with E-state index in [0.717, 1.165) is 11.1 Å². The highest BCUT2D eigenvalue weighted by molar-refractivity contribution is 6.62. The number of aliphatic hydroxyl groups is 1. The average Bonchev–Trinajstić information content (AvgIpc) is 3.06.